The lowest BCUT2D eigenvalue weighted by molar-refractivity contribution is -0.674. The minimum Gasteiger partial charge on any atom is -0.462 e. The zero-order valence-electron chi connectivity index (χ0n) is 15.7. The van der Waals surface area contributed by atoms with Crippen LogP contribution in [0.2, 0.25) is 0 Å². The van der Waals surface area contributed by atoms with E-state index in [1.54, 1.807) is 13.0 Å². The van der Waals surface area contributed by atoms with Crippen LogP contribution in [0.15, 0.2) is 18.2 Å². The highest BCUT2D eigenvalue weighted by Gasteiger charge is 2.26. The number of benzene rings is 1. The summed E-state index contributed by atoms with van der Waals surface area (Å²) in [7, 11) is 0. The number of carbonyl (C=O) groups excluding carboxylic acids is 2. The molecular weight excluding hydrogens is 334 g/mol. The first-order valence-corrected chi connectivity index (χ1v) is 9.12. The highest BCUT2D eigenvalue weighted by Crippen LogP contribution is 2.18. The van der Waals surface area contributed by atoms with Crippen LogP contribution in [0.1, 0.15) is 30.0 Å². The zero-order valence-corrected chi connectivity index (χ0v) is 15.7. The van der Waals surface area contributed by atoms with E-state index in [2.05, 4.69) is 11.5 Å². The fourth-order valence-corrected chi connectivity index (χ4v) is 3.45. The number of esters is 1. The van der Waals surface area contributed by atoms with Crippen LogP contribution in [0.25, 0.3) is 11.0 Å². The molecule has 0 unspecified atom stereocenters. The van der Waals surface area contributed by atoms with E-state index in [4.69, 9.17) is 9.47 Å². The van der Waals surface area contributed by atoms with Crippen LogP contribution in [0.5, 0.6) is 0 Å². The van der Waals surface area contributed by atoms with Crippen molar-refractivity contribution < 1.29 is 23.6 Å². The molecule has 1 fully saturated rings. The number of fused-ring (bicyclic) bond motifs is 1. The maximum Gasteiger partial charge on any atom is 0.338 e. The molecule has 1 aromatic heterocycles. The van der Waals surface area contributed by atoms with Gasteiger partial charge in [0.25, 0.3) is 11.7 Å². The van der Waals surface area contributed by atoms with Gasteiger partial charge in [0.15, 0.2) is 17.6 Å². The summed E-state index contributed by atoms with van der Waals surface area (Å²) in [5, 5.41) is 0. The smallest absolute Gasteiger partial charge is 0.338 e. The molecule has 2 aromatic rings. The first-order chi connectivity index (χ1) is 12.6. The molecule has 0 spiro atoms. The van der Waals surface area contributed by atoms with Crippen LogP contribution in [0.3, 0.4) is 0 Å². The summed E-state index contributed by atoms with van der Waals surface area (Å²) in [6.45, 7) is 9.65. The molecule has 0 N–H and O–H groups in total. The Morgan fingerprint density at radius 3 is 2.62 bits per heavy atom. The number of ether oxygens (including phenoxy) is 2. The molecule has 3 rings (SSSR count). The van der Waals surface area contributed by atoms with Gasteiger partial charge in [-0.15, -0.1) is 0 Å². The van der Waals surface area contributed by atoms with Gasteiger partial charge in [-0.25, -0.2) is 13.9 Å². The normalized spacial score (nSPS) is 14.7. The minimum atomic E-state index is -0.345. The Bertz CT molecular complexity index is 822. The lowest BCUT2D eigenvalue weighted by Crippen LogP contribution is -2.43. The average Bonchev–Trinajstić information content (AvgIpc) is 2.93. The van der Waals surface area contributed by atoms with Crippen LogP contribution in [-0.4, -0.2) is 54.3 Å². The van der Waals surface area contributed by atoms with Gasteiger partial charge in [-0.1, -0.05) is 0 Å². The van der Waals surface area contributed by atoms with Gasteiger partial charge in [-0.3, -0.25) is 4.79 Å². The molecule has 0 radical (unpaired) electrons. The maximum atomic E-state index is 12.7. The second-order valence-corrected chi connectivity index (χ2v) is 6.29. The summed E-state index contributed by atoms with van der Waals surface area (Å²) in [6.07, 6.45) is 0. The Balaban J connectivity index is 1.99. The summed E-state index contributed by atoms with van der Waals surface area (Å²) in [4.78, 5) is 26.7. The number of aryl methyl sites for hydroxylation is 1. The molecule has 1 aliphatic heterocycles. The summed E-state index contributed by atoms with van der Waals surface area (Å²) in [5.74, 6) is 0.713. The Hall–Kier alpha value is -2.41. The Kier molecular flexibility index (Phi) is 5.56. The first-order valence-electron chi connectivity index (χ1n) is 9.12. The van der Waals surface area contributed by atoms with E-state index in [1.807, 2.05) is 28.5 Å². The van der Waals surface area contributed by atoms with Crippen molar-refractivity contribution in [1.29, 1.82) is 0 Å². The molecule has 0 bridgehead atoms. The molecule has 2 heterocycles. The average molecular weight is 360 g/mol. The second kappa shape index (κ2) is 7.86. The van der Waals surface area contributed by atoms with Gasteiger partial charge in [-0.2, -0.15) is 0 Å². The molecule has 1 aliphatic rings. The van der Waals surface area contributed by atoms with E-state index in [9.17, 15) is 9.59 Å². The number of aromatic nitrogens is 2. The van der Waals surface area contributed by atoms with Crippen LogP contribution < -0.4 is 4.57 Å². The number of rotatable bonds is 5. The van der Waals surface area contributed by atoms with E-state index in [0.29, 0.717) is 38.5 Å². The zero-order chi connectivity index (χ0) is 18.7. The van der Waals surface area contributed by atoms with Gasteiger partial charge in [0.05, 0.1) is 31.9 Å². The number of hydrogen-bond acceptors (Lipinski definition) is 4. The number of imidazole rings is 1. The molecule has 1 aromatic carbocycles. The Morgan fingerprint density at radius 1 is 1.23 bits per heavy atom. The molecule has 1 amide bonds. The fourth-order valence-electron chi connectivity index (χ4n) is 3.45. The number of carbonyl (C=O) groups is 2. The highest BCUT2D eigenvalue weighted by molar-refractivity contribution is 5.93. The quantitative estimate of drug-likeness (QED) is 0.595. The third kappa shape index (κ3) is 3.44. The SMILES string of the molecule is CCOC(=O)c1ccc2c(c1)n(CC(=O)N1CCOCC1)c(C)[n+]2CC. The van der Waals surface area contributed by atoms with Gasteiger partial charge < -0.3 is 14.4 Å². The third-order valence-corrected chi connectivity index (χ3v) is 4.82. The molecule has 26 heavy (non-hydrogen) atoms. The van der Waals surface area contributed by atoms with Gasteiger partial charge in [-0.05, 0) is 26.0 Å². The van der Waals surface area contributed by atoms with Crippen molar-refractivity contribution in [3.05, 3.63) is 29.6 Å². The predicted octanol–water partition coefficient (Wildman–Crippen LogP) is 1.29. The maximum absolute atomic E-state index is 12.7. The highest BCUT2D eigenvalue weighted by atomic mass is 16.5. The molecule has 1 saturated heterocycles. The van der Waals surface area contributed by atoms with Crippen LogP contribution in [0, 0.1) is 6.92 Å². The van der Waals surface area contributed by atoms with E-state index in [1.165, 1.54) is 0 Å². The van der Waals surface area contributed by atoms with Crippen molar-refractivity contribution >= 4 is 22.9 Å². The molecule has 0 atom stereocenters. The van der Waals surface area contributed by atoms with Crippen molar-refractivity contribution in [3.8, 4) is 0 Å². The van der Waals surface area contributed by atoms with E-state index in [0.717, 1.165) is 23.4 Å². The first kappa shape index (κ1) is 18.4. The third-order valence-electron chi connectivity index (χ3n) is 4.82. The van der Waals surface area contributed by atoms with Crippen LogP contribution in [-0.2, 0) is 27.4 Å². The van der Waals surface area contributed by atoms with E-state index >= 15 is 0 Å². The topological polar surface area (TPSA) is 64.6 Å². The molecular formula is C19H26N3O4+. The summed E-state index contributed by atoms with van der Waals surface area (Å²) >= 11 is 0. The number of hydrogen-bond donors (Lipinski definition) is 0. The summed E-state index contributed by atoms with van der Waals surface area (Å²) in [6, 6.07) is 5.52. The lowest BCUT2D eigenvalue weighted by atomic mass is 10.2. The Labute approximate surface area is 153 Å². The predicted molar refractivity (Wildman–Crippen MR) is 95.9 cm³/mol. The number of amides is 1. The van der Waals surface area contributed by atoms with Crippen molar-refractivity contribution in [2.75, 3.05) is 32.9 Å². The number of morpholine rings is 1. The van der Waals surface area contributed by atoms with Crippen LogP contribution >= 0.6 is 0 Å². The molecule has 7 heteroatoms. The van der Waals surface area contributed by atoms with Gasteiger partial charge in [0, 0.05) is 26.1 Å². The lowest BCUT2D eigenvalue weighted by Gasteiger charge is -2.26. The molecule has 7 nitrogen and oxygen atoms in total. The number of nitrogens with zero attached hydrogens (tertiary/aromatic N) is 3. The van der Waals surface area contributed by atoms with E-state index in [-0.39, 0.29) is 18.4 Å². The van der Waals surface area contributed by atoms with Crippen LogP contribution in [0.4, 0.5) is 0 Å². The molecule has 0 aliphatic carbocycles. The van der Waals surface area contributed by atoms with Crippen molar-refractivity contribution in [2.45, 2.75) is 33.9 Å². The van der Waals surface area contributed by atoms with Crippen molar-refractivity contribution in [3.63, 3.8) is 0 Å². The largest absolute Gasteiger partial charge is 0.462 e. The summed E-state index contributed by atoms with van der Waals surface area (Å²) in [5.41, 5.74) is 2.38. The van der Waals surface area contributed by atoms with Gasteiger partial charge >= 0.3 is 5.97 Å². The Morgan fingerprint density at radius 2 is 1.96 bits per heavy atom. The second-order valence-electron chi connectivity index (χ2n) is 6.29. The fraction of sp³-hybridized carbons (Fsp3) is 0.526. The molecule has 140 valence electrons. The van der Waals surface area contributed by atoms with E-state index < -0.39 is 0 Å². The van der Waals surface area contributed by atoms with Crippen molar-refractivity contribution in [1.82, 2.24) is 9.47 Å². The van der Waals surface area contributed by atoms with Crippen molar-refractivity contribution in [2.24, 2.45) is 0 Å². The summed E-state index contributed by atoms with van der Waals surface area (Å²) < 4.78 is 14.6. The van der Waals surface area contributed by atoms with Gasteiger partial charge in [0.1, 0.15) is 0 Å². The molecule has 0 saturated carbocycles. The minimum absolute atomic E-state index is 0.0677. The monoisotopic (exact) mass is 360 g/mol. The van der Waals surface area contributed by atoms with Gasteiger partial charge in [0.2, 0.25) is 0 Å². The standard InChI is InChI=1S/C19H26N3O4/c1-4-21-14(3)22(13-18(23)20-8-10-25-11-9-20)17-12-15(6-7-16(17)21)19(24)26-5-2/h6-7,12H,4-5,8-11,13H2,1-3H3/q+1.